The molecule has 2 aliphatic heterocycles. The van der Waals surface area contributed by atoms with Crippen LogP contribution in [0.15, 0.2) is 24.3 Å². The van der Waals surface area contributed by atoms with Crippen LogP contribution in [0.5, 0.6) is 0 Å². The predicted octanol–water partition coefficient (Wildman–Crippen LogP) is 0.710. The summed E-state index contributed by atoms with van der Waals surface area (Å²) in [5.41, 5.74) is 0.723. The largest absolute Gasteiger partial charge is 0.394 e. The lowest BCUT2D eigenvalue weighted by molar-refractivity contribution is -0.384. The van der Waals surface area contributed by atoms with Gasteiger partial charge in [0.2, 0.25) is 0 Å². The van der Waals surface area contributed by atoms with E-state index in [1.54, 1.807) is 26.0 Å². The highest BCUT2D eigenvalue weighted by molar-refractivity contribution is 5.32. The number of benzene rings is 1. The van der Waals surface area contributed by atoms with Gasteiger partial charge in [-0.15, -0.1) is 0 Å². The lowest BCUT2D eigenvalue weighted by Crippen LogP contribution is -2.44. The zero-order chi connectivity index (χ0) is 18.2. The van der Waals surface area contributed by atoms with Gasteiger partial charge in [-0.25, -0.2) is 0 Å². The van der Waals surface area contributed by atoms with Crippen LogP contribution in [0.2, 0.25) is 0 Å². The molecule has 0 unspecified atom stereocenters. The third-order valence-corrected chi connectivity index (χ3v) is 4.18. The molecule has 0 aliphatic carbocycles. The molecule has 25 heavy (non-hydrogen) atoms. The van der Waals surface area contributed by atoms with Gasteiger partial charge in [0.05, 0.1) is 18.1 Å². The van der Waals surface area contributed by atoms with E-state index in [2.05, 4.69) is 0 Å². The van der Waals surface area contributed by atoms with Crippen molar-refractivity contribution in [2.24, 2.45) is 0 Å². The van der Waals surface area contributed by atoms with Crippen LogP contribution in [-0.2, 0) is 25.6 Å². The van der Waals surface area contributed by atoms with Crippen molar-refractivity contribution in [2.75, 3.05) is 6.61 Å². The smallest absolute Gasteiger partial charge is 0.269 e. The number of nitrogens with zero attached hydrogens (tertiary/aromatic N) is 1. The Kier molecular flexibility index (Phi) is 5.05. The van der Waals surface area contributed by atoms with Crippen LogP contribution in [0.3, 0.4) is 0 Å². The summed E-state index contributed by atoms with van der Waals surface area (Å²) < 4.78 is 22.9. The maximum absolute atomic E-state index is 10.7. The number of hydrogen-bond donors (Lipinski definition) is 2. The second kappa shape index (κ2) is 6.94. The molecule has 0 spiro atoms. The topological polar surface area (TPSA) is 121 Å². The summed E-state index contributed by atoms with van der Waals surface area (Å²) in [5.74, 6) is -0.834. The molecular formula is C16H21NO8. The lowest BCUT2D eigenvalue weighted by atomic mass is 10.1. The van der Waals surface area contributed by atoms with E-state index in [4.69, 9.17) is 18.9 Å². The number of ether oxygens (including phenoxy) is 4. The van der Waals surface area contributed by atoms with Crippen molar-refractivity contribution in [1.29, 1.82) is 0 Å². The second-order valence-electron chi connectivity index (χ2n) is 6.52. The van der Waals surface area contributed by atoms with Gasteiger partial charge in [-0.05, 0) is 31.5 Å². The summed E-state index contributed by atoms with van der Waals surface area (Å²) >= 11 is 0. The van der Waals surface area contributed by atoms with Gasteiger partial charge in [0.25, 0.3) is 5.69 Å². The van der Waals surface area contributed by atoms with Crippen molar-refractivity contribution >= 4 is 5.69 Å². The Bertz CT molecular complexity index is 619. The molecule has 5 atom stereocenters. The van der Waals surface area contributed by atoms with E-state index in [-0.39, 0.29) is 12.3 Å². The van der Waals surface area contributed by atoms with Gasteiger partial charge in [-0.1, -0.05) is 0 Å². The fraction of sp³-hybridized carbons (Fsp3) is 0.625. The SMILES string of the molecule is CC1(C)O[C@H]2O[C@H]([C@H](O)CO)[C@H](OCc3ccc([N+](=O)[O-])cc3)[C@H]2O1. The maximum Gasteiger partial charge on any atom is 0.269 e. The number of nitro groups is 1. The molecule has 3 rings (SSSR count). The van der Waals surface area contributed by atoms with E-state index < -0.39 is 48.0 Å². The number of rotatable bonds is 6. The molecule has 2 saturated heterocycles. The van der Waals surface area contributed by atoms with Gasteiger partial charge in [0.15, 0.2) is 12.1 Å². The minimum atomic E-state index is -1.14. The molecule has 2 fully saturated rings. The van der Waals surface area contributed by atoms with Crippen molar-refractivity contribution in [3.8, 4) is 0 Å². The Hall–Kier alpha value is -1.62. The van der Waals surface area contributed by atoms with Crippen LogP contribution in [-0.4, -0.2) is 58.2 Å². The molecule has 2 N–H and O–H groups in total. The van der Waals surface area contributed by atoms with E-state index in [0.29, 0.717) is 0 Å². The summed E-state index contributed by atoms with van der Waals surface area (Å²) in [6.45, 7) is 3.16. The molecule has 1 aromatic rings. The molecule has 2 aliphatic rings. The lowest BCUT2D eigenvalue weighted by Gasteiger charge is -2.28. The Morgan fingerprint density at radius 3 is 2.60 bits per heavy atom. The highest BCUT2D eigenvalue weighted by atomic mass is 16.8. The highest BCUT2D eigenvalue weighted by Gasteiger charge is 2.56. The van der Waals surface area contributed by atoms with Crippen LogP contribution in [0.1, 0.15) is 19.4 Å². The average Bonchev–Trinajstić information content (AvgIpc) is 3.04. The van der Waals surface area contributed by atoms with E-state index >= 15 is 0 Å². The summed E-state index contributed by atoms with van der Waals surface area (Å²) in [7, 11) is 0. The molecule has 2 heterocycles. The number of aliphatic hydroxyl groups excluding tert-OH is 2. The summed E-state index contributed by atoms with van der Waals surface area (Å²) in [6, 6.07) is 5.98. The first-order valence-corrected chi connectivity index (χ1v) is 7.96. The molecule has 9 nitrogen and oxygen atoms in total. The zero-order valence-corrected chi connectivity index (χ0v) is 13.9. The first kappa shape index (κ1) is 18.2. The number of non-ortho nitro benzene ring substituents is 1. The first-order valence-electron chi connectivity index (χ1n) is 7.96. The second-order valence-corrected chi connectivity index (χ2v) is 6.52. The minimum Gasteiger partial charge on any atom is -0.394 e. The average molecular weight is 355 g/mol. The maximum atomic E-state index is 10.7. The van der Waals surface area contributed by atoms with Crippen LogP contribution in [0, 0.1) is 10.1 Å². The molecule has 138 valence electrons. The quantitative estimate of drug-likeness (QED) is 0.565. The monoisotopic (exact) mass is 355 g/mol. The van der Waals surface area contributed by atoms with Crippen molar-refractivity contribution in [1.82, 2.24) is 0 Å². The standard InChI is InChI=1S/C16H21NO8/c1-16(2)24-14-13(12(11(19)7-18)23-15(14)25-16)22-8-9-3-5-10(6-4-9)17(20)21/h3-6,11-15,18-19H,7-8H2,1-2H3/t11-,12-,13+,14-,15-/m1/s1. The molecule has 0 bridgehead atoms. The molecule has 0 amide bonds. The Labute approximate surface area is 144 Å². The number of hydrogen-bond acceptors (Lipinski definition) is 8. The van der Waals surface area contributed by atoms with Crippen molar-refractivity contribution < 1.29 is 34.1 Å². The van der Waals surface area contributed by atoms with Crippen LogP contribution in [0.4, 0.5) is 5.69 Å². The summed E-state index contributed by atoms with van der Waals surface area (Å²) in [5, 5.41) is 29.9. The van der Waals surface area contributed by atoms with Gasteiger partial charge in [0.1, 0.15) is 24.4 Å². The van der Waals surface area contributed by atoms with Crippen molar-refractivity contribution in [2.45, 2.75) is 56.9 Å². The van der Waals surface area contributed by atoms with Crippen molar-refractivity contribution in [3.05, 3.63) is 39.9 Å². The minimum absolute atomic E-state index is 0.00383. The Balaban J connectivity index is 1.69. The van der Waals surface area contributed by atoms with Gasteiger partial charge in [-0.2, -0.15) is 0 Å². The first-order chi connectivity index (χ1) is 11.8. The zero-order valence-electron chi connectivity index (χ0n) is 13.9. The van der Waals surface area contributed by atoms with E-state index in [1.807, 2.05) is 0 Å². The fourth-order valence-corrected chi connectivity index (χ4v) is 3.01. The fourth-order valence-electron chi connectivity index (χ4n) is 3.01. The van der Waals surface area contributed by atoms with Gasteiger partial charge in [0, 0.05) is 12.1 Å². The number of aliphatic hydroxyl groups is 2. The number of nitro benzene ring substituents is 1. The normalized spacial score (nSPS) is 31.7. The predicted molar refractivity (Wildman–Crippen MR) is 83.5 cm³/mol. The van der Waals surface area contributed by atoms with Crippen LogP contribution < -0.4 is 0 Å². The molecule has 9 heteroatoms. The molecule has 0 aromatic heterocycles. The molecule has 1 aromatic carbocycles. The van der Waals surface area contributed by atoms with E-state index in [1.165, 1.54) is 12.1 Å². The van der Waals surface area contributed by atoms with Gasteiger partial charge in [-0.3, -0.25) is 10.1 Å². The molecule has 0 radical (unpaired) electrons. The van der Waals surface area contributed by atoms with Crippen LogP contribution in [0.25, 0.3) is 0 Å². The summed E-state index contributed by atoms with van der Waals surface area (Å²) in [6.07, 6.45) is -3.82. The van der Waals surface area contributed by atoms with E-state index in [0.717, 1.165) is 5.56 Å². The molecule has 0 saturated carbocycles. The van der Waals surface area contributed by atoms with Crippen molar-refractivity contribution in [3.63, 3.8) is 0 Å². The molecular weight excluding hydrogens is 334 g/mol. The van der Waals surface area contributed by atoms with Crippen LogP contribution >= 0.6 is 0 Å². The van der Waals surface area contributed by atoms with Gasteiger partial charge < -0.3 is 29.2 Å². The van der Waals surface area contributed by atoms with E-state index in [9.17, 15) is 20.3 Å². The highest BCUT2D eigenvalue weighted by Crippen LogP contribution is 2.39. The third kappa shape index (κ3) is 3.81. The Morgan fingerprint density at radius 1 is 1.32 bits per heavy atom. The Morgan fingerprint density at radius 2 is 2.00 bits per heavy atom. The summed E-state index contributed by atoms with van der Waals surface area (Å²) in [4.78, 5) is 10.2. The van der Waals surface area contributed by atoms with Gasteiger partial charge >= 0.3 is 0 Å². The third-order valence-electron chi connectivity index (χ3n) is 4.18. The number of fused-ring (bicyclic) bond motifs is 1.